The average molecular weight is 275 g/mol. The smallest absolute Gasteiger partial charge is 0.304 e. The molecule has 0 radical (unpaired) electrons. The molecule has 2 N–H and O–H groups in total. The average Bonchev–Trinajstić information content (AvgIpc) is 2.84. The van der Waals surface area contributed by atoms with Crippen molar-refractivity contribution in [2.75, 3.05) is 7.11 Å². The van der Waals surface area contributed by atoms with Crippen molar-refractivity contribution in [3.8, 4) is 11.8 Å². The fourth-order valence-corrected chi connectivity index (χ4v) is 2.30. The Morgan fingerprint density at radius 1 is 1.47 bits per heavy atom. The minimum absolute atomic E-state index is 0.0548. The first-order chi connectivity index (χ1) is 9.22. The van der Waals surface area contributed by atoms with Crippen molar-refractivity contribution in [2.45, 2.75) is 13.1 Å². The van der Waals surface area contributed by atoms with Crippen LogP contribution in [0.15, 0.2) is 28.4 Å². The van der Waals surface area contributed by atoms with E-state index in [-0.39, 0.29) is 4.87 Å². The maximum absolute atomic E-state index is 11.0. The van der Waals surface area contributed by atoms with Gasteiger partial charge in [-0.15, -0.1) is 0 Å². The molecular formula is C13H13N3O2S. The van der Waals surface area contributed by atoms with E-state index in [2.05, 4.69) is 16.4 Å². The lowest BCUT2D eigenvalue weighted by atomic mass is 10.1. The first-order valence-corrected chi connectivity index (χ1v) is 6.55. The van der Waals surface area contributed by atoms with E-state index in [1.54, 1.807) is 30.7 Å². The fraction of sp³-hybridized carbons (Fsp3) is 0.231. The number of ether oxygens (including phenoxy) is 1. The van der Waals surface area contributed by atoms with E-state index in [0.717, 1.165) is 28.3 Å². The lowest BCUT2D eigenvalue weighted by Crippen LogP contribution is -2.14. The van der Waals surface area contributed by atoms with Crippen molar-refractivity contribution in [1.29, 1.82) is 5.26 Å². The molecule has 0 bridgehead atoms. The van der Waals surface area contributed by atoms with Crippen LogP contribution in [0.5, 0.6) is 5.75 Å². The predicted octanol–water partition coefficient (Wildman–Crippen LogP) is 1.61. The van der Waals surface area contributed by atoms with Crippen molar-refractivity contribution in [1.82, 2.24) is 10.3 Å². The number of thiazole rings is 1. The summed E-state index contributed by atoms with van der Waals surface area (Å²) in [4.78, 5) is 13.7. The zero-order chi connectivity index (χ0) is 13.7. The van der Waals surface area contributed by atoms with Gasteiger partial charge in [0.15, 0.2) is 0 Å². The Morgan fingerprint density at radius 2 is 2.32 bits per heavy atom. The van der Waals surface area contributed by atoms with Gasteiger partial charge in [0, 0.05) is 29.7 Å². The Bertz CT molecular complexity index is 654. The predicted molar refractivity (Wildman–Crippen MR) is 73.2 cm³/mol. The van der Waals surface area contributed by atoms with Gasteiger partial charge >= 0.3 is 4.87 Å². The molecule has 19 heavy (non-hydrogen) atoms. The summed E-state index contributed by atoms with van der Waals surface area (Å²) in [5, 5.41) is 13.9. The van der Waals surface area contributed by atoms with Gasteiger partial charge in [0.25, 0.3) is 0 Å². The van der Waals surface area contributed by atoms with Crippen LogP contribution in [0.4, 0.5) is 0 Å². The van der Waals surface area contributed by atoms with Gasteiger partial charge in [0.1, 0.15) is 5.75 Å². The van der Waals surface area contributed by atoms with Gasteiger partial charge in [-0.05, 0) is 18.2 Å². The van der Waals surface area contributed by atoms with Gasteiger partial charge in [-0.25, -0.2) is 0 Å². The van der Waals surface area contributed by atoms with Crippen LogP contribution in [-0.2, 0) is 13.1 Å². The molecule has 0 atom stereocenters. The topological polar surface area (TPSA) is 77.9 Å². The Balaban J connectivity index is 2.02. The van der Waals surface area contributed by atoms with E-state index >= 15 is 0 Å². The van der Waals surface area contributed by atoms with Crippen LogP contribution in [-0.4, -0.2) is 12.1 Å². The molecule has 1 aromatic heterocycles. The first kappa shape index (κ1) is 13.3. The molecule has 1 heterocycles. The summed E-state index contributed by atoms with van der Waals surface area (Å²) in [6.07, 6.45) is 0. The monoisotopic (exact) mass is 275 g/mol. The van der Waals surface area contributed by atoms with Crippen molar-refractivity contribution in [3.05, 3.63) is 50.1 Å². The molecule has 0 saturated carbocycles. The van der Waals surface area contributed by atoms with Crippen molar-refractivity contribution < 1.29 is 4.74 Å². The standard InChI is InChI=1S/C13H13N3O2S/c1-18-12-3-2-9(5-14)4-10(12)6-15-7-11-8-19-13(17)16-11/h2-4,8,15H,6-7H2,1H3,(H,16,17). The number of benzene rings is 1. The third-order valence-corrected chi connectivity index (χ3v) is 3.33. The minimum Gasteiger partial charge on any atom is -0.496 e. The Kier molecular flexibility index (Phi) is 4.34. The highest BCUT2D eigenvalue weighted by Gasteiger charge is 2.04. The van der Waals surface area contributed by atoms with Crippen molar-refractivity contribution in [3.63, 3.8) is 0 Å². The summed E-state index contributed by atoms with van der Waals surface area (Å²) >= 11 is 1.15. The lowest BCUT2D eigenvalue weighted by molar-refractivity contribution is 0.407. The van der Waals surface area contributed by atoms with E-state index in [1.165, 1.54) is 0 Å². The summed E-state index contributed by atoms with van der Waals surface area (Å²) in [5.74, 6) is 0.741. The van der Waals surface area contributed by atoms with Crippen molar-refractivity contribution in [2.24, 2.45) is 0 Å². The highest BCUT2D eigenvalue weighted by molar-refractivity contribution is 7.07. The van der Waals surface area contributed by atoms with Gasteiger partial charge in [0.05, 0.1) is 18.7 Å². The summed E-state index contributed by atoms with van der Waals surface area (Å²) < 4.78 is 5.25. The number of aromatic amines is 1. The molecule has 0 aliphatic heterocycles. The van der Waals surface area contributed by atoms with E-state index in [4.69, 9.17) is 10.00 Å². The molecule has 2 aromatic rings. The molecule has 0 unspecified atom stereocenters. The molecule has 0 amide bonds. The number of hydrogen-bond acceptors (Lipinski definition) is 5. The molecule has 2 rings (SSSR count). The van der Waals surface area contributed by atoms with Gasteiger partial charge in [0.2, 0.25) is 0 Å². The first-order valence-electron chi connectivity index (χ1n) is 5.67. The normalized spacial score (nSPS) is 10.1. The minimum atomic E-state index is -0.0548. The van der Waals surface area contributed by atoms with Crippen LogP contribution in [0.3, 0.4) is 0 Å². The molecule has 0 aliphatic rings. The molecule has 98 valence electrons. The van der Waals surface area contributed by atoms with E-state index in [9.17, 15) is 4.79 Å². The molecule has 0 fully saturated rings. The van der Waals surface area contributed by atoms with E-state index in [1.807, 2.05) is 0 Å². The number of nitrogens with one attached hydrogen (secondary N) is 2. The van der Waals surface area contributed by atoms with E-state index in [0.29, 0.717) is 18.7 Å². The number of hydrogen-bond donors (Lipinski definition) is 2. The number of methoxy groups -OCH3 is 1. The summed E-state index contributed by atoms with van der Waals surface area (Å²) in [6.45, 7) is 1.13. The summed E-state index contributed by atoms with van der Waals surface area (Å²) in [5.41, 5.74) is 2.37. The lowest BCUT2D eigenvalue weighted by Gasteiger charge is -2.09. The maximum Gasteiger partial charge on any atom is 0.304 e. The zero-order valence-corrected chi connectivity index (χ0v) is 11.2. The SMILES string of the molecule is COc1ccc(C#N)cc1CNCc1csc(=O)[nH]1. The molecule has 0 saturated heterocycles. The van der Waals surface area contributed by atoms with Crippen LogP contribution < -0.4 is 14.9 Å². The summed E-state index contributed by atoms with van der Waals surface area (Å²) in [7, 11) is 1.60. The van der Waals surface area contributed by atoms with Crippen LogP contribution in [0, 0.1) is 11.3 Å². The van der Waals surface area contributed by atoms with Crippen LogP contribution >= 0.6 is 11.3 Å². The van der Waals surface area contributed by atoms with Crippen LogP contribution in [0.25, 0.3) is 0 Å². The fourth-order valence-electron chi connectivity index (χ4n) is 1.72. The second-order valence-corrected chi connectivity index (χ2v) is 4.76. The van der Waals surface area contributed by atoms with Gasteiger partial charge < -0.3 is 15.0 Å². The molecular weight excluding hydrogens is 262 g/mol. The zero-order valence-electron chi connectivity index (χ0n) is 10.4. The Morgan fingerprint density at radius 3 is 2.95 bits per heavy atom. The quantitative estimate of drug-likeness (QED) is 0.869. The van der Waals surface area contributed by atoms with Crippen LogP contribution in [0.1, 0.15) is 16.8 Å². The molecule has 6 heteroatoms. The van der Waals surface area contributed by atoms with Gasteiger partial charge in [-0.3, -0.25) is 4.79 Å². The number of nitriles is 1. The third kappa shape index (κ3) is 3.44. The summed E-state index contributed by atoms with van der Waals surface area (Å²) in [6, 6.07) is 7.40. The number of aromatic nitrogens is 1. The highest BCUT2D eigenvalue weighted by Crippen LogP contribution is 2.19. The Labute approximate surface area is 114 Å². The number of nitrogens with zero attached hydrogens (tertiary/aromatic N) is 1. The second kappa shape index (κ2) is 6.18. The second-order valence-electron chi connectivity index (χ2n) is 3.92. The van der Waals surface area contributed by atoms with E-state index < -0.39 is 0 Å². The molecule has 0 spiro atoms. The molecule has 1 aromatic carbocycles. The number of H-pyrrole nitrogens is 1. The van der Waals surface area contributed by atoms with Crippen LogP contribution in [0.2, 0.25) is 0 Å². The van der Waals surface area contributed by atoms with Gasteiger partial charge in [-0.2, -0.15) is 5.26 Å². The third-order valence-electron chi connectivity index (χ3n) is 2.61. The van der Waals surface area contributed by atoms with Crippen molar-refractivity contribution >= 4 is 11.3 Å². The molecule has 0 aliphatic carbocycles. The Hall–Kier alpha value is -2.10. The largest absolute Gasteiger partial charge is 0.496 e. The maximum atomic E-state index is 11.0. The van der Waals surface area contributed by atoms with Gasteiger partial charge in [-0.1, -0.05) is 11.3 Å². The highest BCUT2D eigenvalue weighted by atomic mass is 32.1. The molecule has 5 nitrogen and oxygen atoms in total. The number of rotatable bonds is 5.